The predicted octanol–water partition coefficient (Wildman–Crippen LogP) is 3.34. The first-order chi connectivity index (χ1) is 16.0. The number of alkyl halides is 3. The molecule has 2 aromatic rings. The molecule has 0 spiro atoms. The van der Waals surface area contributed by atoms with E-state index in [1.807, 2.05) is 0 Å². The number of hydrogen-bond acceptors (Lipinski definition) is 3. The van der Waals surface area contributed by atoms with Crippen LogP contribution in [0.2, 0.25) is 0 Å². The molecular weight excluding hydrogens is 464 g/mol. The third kappa shape index (κ3) is 6.07. The molecule has 34 heavy (non-hydrogen) atoms. The zero-order valence-electron chi connectivity index (χ0n) is 18.0. The Bertz CT molecular complexity index is 1060. The summed E-state index contributed by atoms with van der Waals surface area (Å²) < 4.78 is 80.8. The Kier molecular flexibility index (Phi) is 7.86. The molecule has 1 aliphatic heterocycles. The number of amides is 2. The van der Waals surface area contributed by atoms with Crippen molar-refractivity contribution in [3.05, 3.63) is 70.5 Å². The number of hydrogen-bond donors (Lipinski definition) is 2. The van der Waals surface area contributed by atoms with Crippen LogP contribution in [0, 0.1) is 17.5 Å². The summed E-state index contributed by atoms with van der Waals surface area (Å²) in [5.41, 5.74) is 4.69. The Morgan fingerprint density at radius 3 is 2.47 bits per heavy atom. The first-order valence-corrected chi connectivity index (χ1v) is 10.6. The van der Waals surface area contributed by atoms with Gasteiger partial charge in [0.2, 0.25) is 11.8 Å². The second kappa shape index (κ2) is 10.5. The molecule has 184 valence electrons. The summed E-state index contributed by atoms with van der Waals surface area (Å²) in [5.74, 6) is -4.84. The van der Waals surface area contributed by atoms with E-state index in [0.717, 1.165) is 6.07 Å². The minimum absolute atomic E-state index is 0.0999. The molecule has 3 N–H and O–H groups in total. The summed E-state index contributed by atoms with van der Waals surface area (Å²) in [4.78, 5) is 26.8. The standard InChI is InChI=1S/C23H23F6N3O2/c24-17-12-19(26)18(25)9-14(17)8-15(30)11-21(33)32-7-3-6-31-22(34)20(32)10-13-4-1-2-5-16(13)23(27,28)29/h1-2,4-5,9,12,15,20H,3,6-8,10-11,30H2,(H,31,34)/t15-,20?/m1/s1. The maximum atomic E-state index is 13.9. The average molecular weight is 487 g/mol. The summed E-state index contributed by atoms with van der Waals surface area (Å²) in [6, 6.07) is 3.64. The van der Waals surface area contributed by atoms with Gasteiger partial charge in [-0.15, -0.1) is 0 Å². The van der Waals surface area contributed by atoms with Crippen molar-refractivity contribution in [1.82, 2.24) is 10.2 Å². The molecule has 0 aliphatic carbocycles. The Balaban J connectivity index is 1.78. The topological polar surface area (TPSA) is 75.4 Å². The van der Waals surface area contributed by atoms with Crippen LogP contribution in [0.25, 0.3) is 0 Å². The second-order valence-corrected chi connectivity index (χ2v) is 8.13. The number of carbonyl (C=O) groups excluding carboxylic acids is 2. The van der Waals surface area contributed by atoms with Crippen LogP contribution >= 0.6 is 0 Å². The molecule has 3 rings (SSSR count). The fourth-order valence-electron chi connectivity index (χ4n) is 3.98. The Morgan fingerprint density at radius 2 is 1.76 bits per heavy atom. The van der Waals surface area contributed by atoms with E-state index in [9.17, 15) is 35.9 Å². The normalized spacial score (nSPS) is 17.8. The van der Waals surface area contributed by atoms with Crippen LogP contribution in [0.15, 0.2) is 36.4 Å². The summed E-state index contributed by atoms with van der Waals surface area (Å²) in [6.45, 7) is 0.342. The van der Waals surface area contributed by atoms with Gasteiger partial charge in [-0.1, -0.05) is 18.2 Å². The molecule has 0 bridgehead atoms. The van der Waals surface area contributed by atoms with Gasteiger partial charge in [-0.05, 0) is 36.1 Å². The predicted molar refractivity (Wildman–Crippen MR) is 111 cm³/mol. The zero-order chi connectivity index (χ0) is 25.0. The van der Waals surface area contributed by atoms with E-state index in [4.69, 9.17) is 5.73 Å². The molecule has 0 saturated carbocycles. The highest BCUT2D eigenvalue weighted by molar-refractivity contribution is 5.88. The van der Waals surface area contributed by atoms with Gasteiger partial charge < -0.3 is 16.0 Å². The Labute approximate surface area is 191 Å². The third-order valence-corrected chi connectivity index (χ3v) is 5.62. The van der Waals surface area contributed by atoms with E-state index in [-0.39, 0.29) is 43.5 Å². The van der Waals surface area contributed by atoms with Gasteiger partial charge in [-0.3, -0.25) is 9.59 Å². The lowest BCUT2D eigenvalue weighted by molar-refractivity contribution is -0.141. The van der Waals surface area contributed by atoms with E-state index in [1.54, 1.807) is 0 Å². The average Bonchev–Trinajstić information content (AvgIpc) is 2.93. The molecule has 0 radical (unpaired) electrons. The van der Waals surface area contributed by atoms with Crippen molar-refractivity contribution in [2.24, 2.45) is 5.73 Å². The van der Waals surface area contributed by atoms with Gasteiger partial charge >= 0.3 is 6.18 Å². The van der Waals surface area contributed by atoms with Crippen molar-refractivity contribution in [2.75, 3.05) is 13.1 Å². The van der Waals surface area contributed by atoms with Crippen LogP contribution in [0.5, 0.6) is 0 Å². The molecule has 2 atom stereocenters. The van der Waals surface area contributed by atoms with Crippen LogP contribution < -0.4 is 11.1 Å². The van der Waals surface area contributed by atoms with Crippen LogP contribution in [0.1, 0.15) is 29.5 Å². The third-order valence-electron chi connectivity index (χ3n) is 5.62. The fraction of sp³-hybridized carbons (Fsp3) is 0.391. The van der Waals surface area contributed by atoms with E-state index < -0.39 is 53.1 Å². The molecule has 5 nitrogen and oxygen atoms in total. The number of carbonyl (C=O) groups is 2. The summed E-state index contributed by atoms with van der Waals surface area (Å²) in [7, 11) is 0. The number of nitrogens with one attached hydrogen (secondary N) is 1. The first kappa shape index (κ1) is 25.5. The maximum Gasteiger partial charge on any atom is 0.416 e. The quantitative estimate of drug-likeness (QED) is 0.485. The Morgan fingerprint density at radius 1 is 1.09 bits per heavy atom. The number of halogens is 6. The number of rotatable bonds is 6. The molecule has 1 aliphatic rings. The lowest BCUT2D eigenvalue weighted by Gasteiger charge is -2.30. The SMILES string of the molecule is N[C@@H](CC(=O)N1CCCNC(=O)C1Cc1ccccc1C(F)(F)F)Cc1cc(F)c(F)cc1F. The van der Waals surface area contributed by atoms with Crippen molar-refractivity contribution < 1.29 is 35.9 Å². The van der Waals surface area contributed by atoms with Gasteiger partial charge in [0, 0.05) is 38.0 Å². The molecule has 0 aromatic heterocycles. The van der Waals surface area contributed by atoms with Crippen LogP contribution in [0.3, 0.4) is 0 Å². The maximum absolute atomic E-state index is 13.9. The van der Waals surface area contributed by atoms with Crippen LogP contribution in [-0.2, 0) is 28.6 Å². The molecule has 1 unspecified atom stereocenters. The van der Waals surface area contributed by atoms with Crippen molar-refractivity contribution in [1.29, 1.82) is 0 Å². The highest BCUT2D eigenvalue weighted by Crippen LogP contribution is 2.33. The summed E-state index contributed by atoms with van der Waals surface area (Å²) >= 11 is 0. The van der Waals surface area contributed by atoms with Gasteiger partial charge in [0.1, 0.15) is 11.9 Å². The highest BCUT2D eigenvalue weighted by Gasteiger charge is 2.37. The second-order valence-electron chi connectivity index (χ2n) is 8.13. The molecule has 1 saturated heterocycles. The molecule has 2 aromatic carbocycles. The smallest absolute Gasteiger partial charge is 0.354 e. The van der Waals surface area contributed by atoms with Crippen LogP contribution in [-0.4, -0.2) is 41.9 Å². The van der Waals surface area contributed by atoms with Gasteiger partial charge in [0.25, 0.3) is 0 Å². The summed E-state index contributed by atoms with van der Waals surface area (Å²) in [5, 5.41) is 2.60. The first-order valence-electron chi connectivity index (χ1n) is 10.6. The molecule has 2 amide bonds. The Hall–Kier alpha value is -3.08. The van der Waals surface area contributed by atoms with Gasteiger partial charge in [-0.25, -0.2) is 13.2 Å². The zero-order valence-corrected chi connectivity index (χ0v) is 18.0. The van der Waals surface area contributed by atoms with Crippen molar-refractivity contribution >= 4 is 11.8 Å². The largest absolute Gasteiger partial charge is 0.416 e. The van der Waals surface area contributed by atoms with E-state index in [0.29, 0.717) is 18.6 Å². The van der Waals surface area contributed by atoms with E-state index in [2.05, 4.69) is 5.32 Å². The molecule has 1 heterocycles. The van der Waals surface area contributed by atoms with Crippen LogP contribution in [0.4, 0.5) is 26.3 Å². The monoisotopic (exact) mass is 487 g/mol. The summed E-state index contributed by atoms with van der Waals surface area (Å²) in [6.07, 6.45) is -5.27. The number of benzene rings is 2. The van der Waals surface area contributed by atoms with Gasteiger partial charge in [-0.2, -0.15) is 13.2 Å². The molecular formula is C23H23F6N3O2. The fourth-order valence-corrected chi connectivity index (χ4v) is 3.98. The van der Waals surface area contributed by atoms with Gasteiger partial charge in [0.05, 0.1) is 5.56 Å². The minimum Gasteiger partial charge on any atom is -0.354 e. The highest BCUT2D eigenvalue weighted by atomic mass is 19.4. The minimum atomic E-state index is -4.64. The number of nitrogens with zero attached hydrogens (tertiary/aromatic N) is 1. The van der Waals surface area contributed by atoms with Gasteiger partial charge in [0.15, 0.2) is 11.6 Å². The van der Waals surface area contributed by atoms with Crippen molar-refractivity contribution in [2.45, 2.75) is 43.9 Å². The number of nitrogens with two attached hydrogens (primary N) is 1. The molecule has 11 heteroatoms. The van der Waals surface area contributed by atoms with E-state index >= 15 is 0 Å². The lowest BCUT2D eigenvalue weighted by atomic mass is 9.97. The lowest BCUT2D eigenvalue weighted by Crippen LogP contribution is -2.49. The van der Waals surface area contributed by atoms with E-state index in [1.165, 1.54) is 23.1 Å². The van der Waals surface area contributed by atoms with Crippen molar-refractivity contribution in [3.8, 4) is 0 Å². The molecule has 1 fully saturated rings. The van der Waals surface area contributed by atoms with Crippen molar-refractivity contribution in [3.63, 3.8) is 0 Å².